The van der Waals surface area contributed by atoms with Crippen molar-refractivity contribution in [2.24, 2.45) is 0 Å². The molecule has 1 unspecified atom stereocenters. The quantitative estimate of drug-likeness (QED) is 0.0710. The molecule has 0 aromatic carbocycles. The maximum Gasteiger partial charge on any atom is 0.0540 e. The summed E-state index contributed by atoms with van der Waals surface area (Å²) in [5.41, 5.74) is 0. The standard InChI is InChI=1S/C35H70O/c1-3-5-7-9-11-13-15-17-19-20-22-24-26-28-30-32-34-35(36)33-31-29-27-25-23-21-18-16-14-12-10-8-6-4-2/h4,35-36H,2-3,5-34H2,1H3. The fourth-order valence-corrected chi connectivity index (χ4v) is 5.51. The number of aliphatic hydroxyl groups is 1. The molecule has 0 fully saturated rings. The van der Waals surface area contributed by atoms with Crippen LogP contribution in [0.5, 0.6) is 0 Å². The van der Waals surface area contributed by atoms with E-state index in [1.807, 2.05) is 6.08 Å². The van der Waals surface area contributed by atoms with Gasteiger partial charge in [-0.3, -0.25) is 0 Å². The van der Waals surface area contributed by atoms with Gasteiger partial charge < -0.3 is 5.11 Å². The van der Waals surface area contributed by atoms with Crippen molar-refractivity contribution in [3.63, 3.8) is 0 Å². The van der Waals surface area contributed by atoms with Crippen LogP contribution in [0.3, 0.4) is 0 Å². The van der Waals surface area contributed by atoms with Gasteiger partial charge in [0.05, 0.1) is 6.10 Å². The Balaban J connectivity index is 3.13. The van der Waals surface area contributed by atoms with Gasteiger partial charge in [0.2, 0.25) is 0 Å². The van der Waals surface area contributed by atoms with E-state index in [1.54, 1.807) is 0 Å². The van der Waals surface area contributed by atoms with E-state index in [1.165, 1.54) is 186 Å². The van der Waals surface area contributed by atoms with Crippen LogP contribution in [-0.4, -0.2) is 11.2 Å². The number of hydrogen-bond donors (Lipinski definition) is 1. The highest BCUT2D eigenvalue weighted by molar-refractivity contribution is 4.65. The lowest BCUT2D eigenvalue weighted by Gasteiger charge is -2.10. The summed E-state index contributed by atoms with van der Waals surface area (Å²) < 4.78 is 0. The predicted octanol–water partition coefficient (Wildman–Crippen LogP) is 12.6. The lowest BCUT2D eigenvalue weighted by atomic mass is 10.0. The third-order valence-electron chi connectivity index (χ3n) is 8.09. The molecule has 0 bridgehead atoms. The van der Waals surface area contributed by atoms with Crippen LogP contribution in [0.15, 0.2) is 12.7 Å². The van der Waals surface area contributed by atoms with Crippen LogP contribution in [0.1, 0.15) is 206 Å². The Kier molecular flexibility index (Phi) is 32.5. The van der Waals surface area contributed by atoms with Crippen molar-refractivity contribution in [1.29, 1.82) is 0 Å². The van der Waals surface area contributed by atoms with Gasteiger partial charge in [0.25, 0.3) is 0 Å². The van der Waals surface area contributed by atoms with E-state index >= 15 is 0 Å². The summed E-state index contributed by atoms with van der Waals surface area (Å²) in [7, 11) is 0. The molecule has 0 heterocycles. The van der Waals surface area contributed by atoms with E-state index in [4.69, 9.17) is 0 Å². The summed E-state index contributed by atoms with van der Waals surface area (Å²) in [5.74, 6) is 0. The Hall–Kier alpha value is -0.300. The molecule has 1 nitrogen and oxygen atoms in total. The molecule has 0 aromatic rings. The Labute approximate surface area is 229 Å². The first-order valence-corrected chi connectivity index (χ1v) is 17.1. The van der Waals surface area contributed by atoms with Gasteiger partial charge in [-0.25, -0.2) is 0 Å². The zero-order valence-corrected chi connectivity index (χ0v) is 25.2. The number of unbranched alkanes of at least 4 members (excludes halogenated alkanes) is 27. The van der Waals surface area contributed by atoms with Crippen molar-refractivity contribution in [2.75, 3.05) is 0 Å². The summed E-state index contributed by atoms with van der Waals surface area (Å²) in [5, 5.41) is 10.3. The highest BCUT2D eigenvalue weighted by atomic mass is 16.3. The van der Waals surface area contributed by atoms with Gasteiger partial charge in [-0.2, -0.15) is 0 Å². The SMILES string of the molecule is C=CCCCCCCCCCCCCCCC(O)CCCCCCCCCCCCCCCCCC. The van der Waals surface area contributed by atoms with E-state index in [-0.39, 0.29) is 6.10 Å². The first kappa shape index (κ1) is 35.7. The molecule has 0 aliphatic carbocycles. The third kappa shape index (κ3) is 31.7. The average molecular weight is 507 g/mol. The van der Waals surface area contributed by atoms with Crippen LogP contribution in [0.2, 0.25) is 0 Å². The highest BCUT2D eigenvalue weighted by Gasteiger charge is 2.04. The molecule has 0 rings (SSSR count). The second-order valence-corrected chi connectivity index (χ2v) is 11.9. The number of allylic oxidation sites excluding steroid dienone is 1. The third-order valence-corrected chi connectivity index (χ3v) is 8.09. The van der Waals surface area contributed by atoms with E-state index in [0.717, 1.165) is 12.8 Å². The van der Waals surface area contributed by atoms with Crippen LogP contribution in [-0.2, 0) is 0 Å². The maximum absolute atomic E-state index is 10.3. The summed E-state index contributed by atoms with van der Waals surface area (Å²) in [6.45, 7) is 6.09. The van der Waals surface area contributed by atoms with Crippen molar-refractivity contribution < 1.29 is 5.11 Å². The largest absolute Gasteiger partial charge is 0.393 e. The minimum absolute atomic E-state index is 0.0388. The number of aliphatic hydroxyl groups excluding tert-OH is 1. The summed E-state index contributed by atoms with van der Waals surface area (Å²) >= 11 is 0. The molecule has 0 radical (unpaired) electrons. The van der Waals surface area contributed by atoms with Gasteiger partial charge in [0.15, 0.2) is 0 Å². The van der Waals surface area contributed by atoms with Crippen molar-refractivity contribution in [3.8, 4) is 0 Å². The molecule has 36 heavy (non-hydrogen) atoms. The summed E-state index contributed by atoms with van der Waals surface area (Å²) in [6, 6.07) is 0. The number of hydrogen-bond acceptors (Lipinski definition) is 1. The van der Waals surface area contributed by atoms with Gasteiger partial charge in [-0.1, -0.05) is 186 Å². The Morgan fingerprint density at radius 3 is 0.944 bits per heavy atom. The van der Waals surface area contributed by atoms with Crippen LogP contribution < -0.4 is 0 Å². The molecule has 0 aromatic heterocycles. The maximum atomic E-state index is 10.3. The molecule has 0 aliphatic rings. The molecular weight excluding hydrogens is 436 g/mol. The van der Waals surface area contributed by atoms with E-state index in [2.05, 4.69) is 13.5 Å². The topological polar surface area (TPSA) is 20.2 Å². The van der Waals surface area contributed by atoms with Crippen LogP contribution in [0.4, 0.5) is 0 Å². The monoisotopic (exact) mass is 507 g/mol. The molecule has 0 spiro atoms. The zero-order valence-electron chi connectivity index (χ0n) is 25.2. The average Bonchev–Trinajstić information content (AvgIpc) is 2.88. The normalized spacial score (nSPS) is 12.3. The van der Waals surface area contributed by atoms with Crippen molar-refractivity contribution in [3.05, 3.63) is 12.7 Å². The predicted molar refractivity (Wildman–Crippen MR) is 165 cm³/mol. The van der Waals surface area contributed by atoms with E-state index in [0.29, 0.717) is 0 Å². The zero-order chi connectivity index (χ0) is 26.2. The van der Waals surface area contributed by atoms with E-state index in [9.17, 15) is 5.11 Å². The van der Waals surface area contributed by atoms with Gasteiger partial charge in [0.1, 0.15) is 0 Å². The molecule has 0 saturated carbocycles. The van der Waals surface area contributed by atoms with Crippen LogP contribution in [0.25, 0.3) is 0 Å². The Bertz CT molecular complexity index is 390. The lowest BCUT2D eigenvalue weighted by molar-refractivity contribution is 0.147. The van der Waals surface area contributed by atoms with E-state index < -0.39 is 0 Å². The van der Waals surface area contributed by atoms with Gasteiger partial charge in [-0.15, -0.1) is 6.58 Å². The van der Waals surface area contributed by atoms with Gasteiger partial charge in [-0.05, 0) is 25.7 Å². The molecule has 216 valence electrons. The Morgan fingerprint density at radius 1 is 0.417 bits per heavy atom. The summed E-state index contributed by atoms with van der Waals surface area (Å²) in [6.07, 6.45) is 44.5. The summed E-state index contributed by atoms with van der Waals surface area (Å²) in [4.78, 5) is 0. The second kappa shape index (κ2) is 32.7. The Morgan fingerprint density at radius 2 is 0.667 bits per heavy atom. The molecule has 1 heteroatoms. The van der Waals surface area contributed by atoms with Crippen molar-refractivity contribution in [1.82, 2.24) is 0 Å². The fraction of sp³-hybridized carbons (Fsp3) is 0.943. The molecule has 0 saturated heterocycles. The lowest BCUT2D eigenvalue weighted by Crippen LogP contribution is -2.05. The van der Waals surface area contributed by atoms with Crippen LogP contribution in [0, 0.1) is 0 Å². The molecule has 1 N–H and O–H groups in total. The van der Waals surface area contributed by atoms with Crippen LogP contribution >= 0.6 is 0 Å². The van der Waals surface area contributed by atoms with Gasteiger partial charge >= 0.3 is 0 Å². The minimum atomic E-state index is -0.0388. The molecule has 0 aliphatic heterocycles. The smallest absolute Gasteiger partial charge is 0.0540 e. The van der Waals surface area contributed by atoms with Crippen molar-refractivity contribution >= 4 is 0 Å². The fourth-order valence-electron chi connectivity index (χ4n) is 5.51. The van der Waals surface area contributed by atoms with Crippen molar-refractivity contribution in [2.45, 2.75) is 212 Å². The van der Waals surface area contributed by atoms with Gasteiger partial charge in [0, 0.05) is 0 Å². The highest BCUT2D eigenvalue weighted by Crippen LogP contribution is 2.17. The minimum Gasteiger partial charge on any atom is -0.393 e. The molecular formula is C35H70O. The molecule has 0 amide bonds. The number of rotatable bonds is 32. The first-order chi connectivity index (χ1) is 17.8. The second-order valence-electron chi connectivity index (χ2n) is 11.9. The first-order valence-electron chi connectivity index (χ1n) is 17.1. The molecule has 1 atom stereocenters.